The van der Waals surface area contributed by atoms with Gasteiger partial charge in [0.15, 0.2) is 11.6 Å². The molecule has 146 valence electrons. The number of hydrogen-bond donors (Lipinski definition) is 0. The molecule has 1 fully saturated rings. The molecular weight excluding hydrogens is 368 g/mol. The van der Waals surface area contributed by atoms with Crippen molar-refractivity contribution >= 4 is 17.4 Å². The van der Waals surface area contributed by atoms with Gasteiger partial charge in [-0.2, -0.15) is 5.10 Å². The Morgan fingerprint density at radius 3 is 2.45 bits per heavy atom. The van der Waals surface area contributed by atoms with E-state index in [1.807, 2.05) is 65.0 Å². The monoisotopic (exact) mass is 388 g/mol. The number of carbonyl (C=O) groups is 1. The molecule has 5 rings (SSSR count). The maximum atomic E-state index is 13.1. The van der Waals surface area contributed by atoms with Crippen molar-refractivity contribution in [3.63, 3.8) is 0 Å². The van der Waals surface area contributed by atoms with Crippen LogP contribution in [0.15, 0.2) is 55.0 Å². The van der Waals surface area contributed by atoms with Gasteiger partial charge in [-0.15, -0.1) is 10.2 Å². The van der Waals surface area contributed by atoms with Crippen LogP contribution in [0.2, 0.25) is 0 Å². The first kappa shape index (κ1) is 17.4. The van der Waals surface area contributed by atoms with E-state index in [9.17, 15) is 4.79 Å². The van der Waals surface area contributed by atoms with Crippen LogP contribution in [0.4, 0.5) is 5.82 Å². The van der Waals surface area contributed by atoms with Crippen molar-refractivity contribution in [2.75, 3.05) is 31.1 Å². The summed E-state index contributed by atoms with van der Waals surface area (Å²) < 4.78 is 3.54. The standard InChI is InChI=1S/C20H20N8O/c1-15-19(27-9-3-2-5-16(27)22-15)20(29)26-13-11-25(12-14-26)17-6-7-18(24-23-17)28-10-4-8-21-28/h2-10H,11-14H2,1H3. The van der Waals surface area contributed by atoms with Crippen LogP contribution in [0.1, 0.15) is 16.2 Å². The SMILES string of the molecule is Cc1nc2ccccn2c1C(=O)N1CCN(c2ccc(-n3cccn3)nn2)CC1. The van der Waals surface area contributed by atoms with Gasteiger partial charge >= 0.3 is 0 Å². The van der Waals surface area contributed by atoms with Crippen LogP contribution in [0.3, 0.4) is 0 Å². The fourth-order valence-electron chi connectivity index (χ4n) is 3.67. The number of anilines is 1. The summed E-state index contributed by atoms with van der Waals surface area (Å²) in [5.41, 5.74) is 2.18. The first-order valence-electron chi connectivity index (χ1n) is 9.52. The fraction of sp³-hybridized carbons (Fsp3) is 0.250. The summed E-state index contributed by atoms with van der Waals surface area (Å²) in [6.07, 6.45) is 5.42. The second kappa shape index (κ2) is 7.01. The van der Waals surface area contributed by atoms with Crippen molar-refractivity contribution in [3.05, 3.63) is 66.4 Å². The van der Waals surface area contributed by atoms with Gasteiger partial charge < -0.3 is 9.80 Å². The number of carbonyl (C=O) groups excluding carboxylic acids is 1. The molecular formula is C20H20N8O. The van der Waals surface area contributed by atoms with Gasteiger partial charge in [-0.3, -0.25) is 9.20 Å². The molecule has 0 atom stereocenters. The third-order valence-electron chi connectivity index (χ3n) is 5.17. The Bertz CT molecular complexity index is 1140. The molecule has 29 heavy (non-hydrogen) atoms. The maximum Gasteiger partial charge on any atom is 0.272 e. The topological polar surface area (TPSA) is 84.5 Å². The fourth-order valence-corrected chi connectivity index (χ4v) is 3.67. The van der Waals surface area contributed by atoms with Gasteiger partial charge in [-0.25, -0.2) is 9.67 Å². The molecule has 0 saturated carbocycles. The first-order chi connectivity index (χ1) is 14.2. The van der Waals surface area contributed by atoms with Gasteiger partial charge in [0.1, 0.15) is 11.3 Å². The number of rotatable bonds is 3. The number of hydrogen-bond acceptors (Lipinski definition) is 6. The minimum Gasteiger partial charge on any atom is -0.352 e. The largest absolute Gasteiger partial charge is 0.352 e. The molecule has 1 saturated heterocycles. The van der Waals surface area contributed by atoms with E-state index in [4.69, 9.17) is 0 Å². The third-order valence-corrected chi connectivity index (χ3v) is 5.17. The third kappa shape index (κ3) is 3.10. The Labute approximate surface area is 167 Å². The highest BCUT2D eigenvalue weighted by Crippen LogP contribution is 2.18. The highest BCUT2D eigenvalue weighted by Gasteiger charge is 2.26. The number of piperazine rings is 1. The Morgan fingerprint density at radius 2 is 1.72 bits per heavy atom. The van der Waals surface area contributed by atoms with E-state index in [-0.39, 0.29) is 5.91 Å². The van der Waals surface area contributed by atoms with E-state index in [2.05, 4.69) is 25.2 Å². The van der Waals surface area contributed by atoms with Crippen molar-refractivity contribution in [3.8, 4) is 5.82 Å². The van der Waals surface area contributed by atoms with E-state index in [0.29, 0.717) is 37.7 Å². The highest BCUT2D eigenvalue weighted by molar-refractivity contribution is 5.94. The molecule has 4 aromatic rings. The molecule has 0 spiro atoms. The second-order valence-electron chi connectivity index (χ2n) is 6.95. The lowest BCUT2D eigenvalue weighted by molar-refractivity contribution is 0.0738. The lowest BCUT2D eigenvalue weighted by atomic mass is 10.2. The van der Waals surface area contributed by atoms with E-state index < -0.39 is 0 Å². The molecule has 0 unspecified atom stereocenters. The molecule has 4 aromatic heterocycles. The van der Waals surface area contributed by atoms with Gasteiger partial charge in [0.25, 0.3) is 5.91 Å². The van der Waals surface area contributed by atoms with Crippen LogP contribution >= 0.6 is 0 Å². The van der Waals surface area contributed by atoms with Crippen molar-refractivity contribution in [2.24, 2.45) is 0 Å². The van der Waals surface area contributed by atoms with E-state index >= 15 is 0 Å². The van der Waals surface area contributed by atoms with Gasteiger partial charge in [-0.05, 0) is 37.3 Å². The Hall–Kier alpha value is -3.75. The Morgan fingerprint density at radius 1 is 0.931 bits per heavy atom. The van der Waals surface area contributed by atoms with Crippen LogP contribution in [-0.4, -0.2) is 66.3 Å². The first-order valence-corrected chi connectivity index (χ1v) is 9.52. The molecule has 1 aliphatic heterocycles. The highest BCUT2D eigenvalue weighted by atomic mass is 16.2. The number of amides is 1. The Kier molecular flexibility index (Phi) is 4.19. The van der Waals surface area contributed by atoms with Gasteiger partial charge in [0, 0.05) is 44.8 Å². The minimum atomic E-state index is 0.0148. The smallest absolute Gasteiger partial charge is 0.272 e. The second-order valence-corrected chi connectivity index (χ2v) is 6.95. The van der Waals surface area contributed by atoms with Crippen LogP contribution in [0, 0.1) is 6.92 Å². The minimum absolute atomic E-state index is 0.0148. The van der Waals surface area contributed by atoms with Gasteiger partial charge in [-0.1, -0.05) is 6.07 Å². The van der Waals surface area contributed by atoms with Crippen LogP contribution in [0.5, 0.6) is 0 Å². The summed E-state index contributed by atoms with van der Waals surface area (Å²) in [6.45, 7) is 4.55. The zero-order valence-corrected chi connectivity index (χ0v) is 16.0. The summed E-state index contributed by atoms with van der Waals surface area (Å²) in [4.78, 5) is 21.6. The van der Waals surface area contributed by atoms with E-state index in [1.54, 1.807) is 10.9 Å². The summed E-state index contributed by atoms with van der Waals surface area (Å²) in [5.74, 6) is 1.50. The summed E-state index contributed by atoms with van der Waals surface area (Å²) in [5, 5.41) is 12.7. The van der Waals surface area contributed by atoms with Crippen molar-refractivity contribution in [1.29, 1.82) is 0 Å². The van der Waals surface area contributed by atoms with Crippen molar-refractivity contribution in [2.45, 2.75) is 6.92 Å². The van der Waals surface area contributed by atoms with E-state index in [0.717, 1.165) is 17.2 Å². The van der Waals surface area contributed by atoms with Crippen molar-refractivity contribution < 1.29 is 4.79 Å². The average molecular weight is 388 g/mol. The summed E-state index contributed by atoms with van der Waals surface area (Å²) in [6, 6.07) is 11.4. The van der Waals surface area contributed by atoms with Crippen molar-refractivity contribution in [1.82, 2.24) is 34.3 Å². The molecule has 0 radical (unpaired) electrons. The zero-order chi connectivity index (χ0) is 19.8. The number of aryl methyl sites for hydroxylation is 1. The Balaban J connectivity index is 1.29. The number of fused-ring (bicyclic) bond motifs is 1. The normalized spacial score (nSPS) is 14.5. The van der Waals surface area contributed by atoms with Gasteiger partial charge in [0.05, 0.1) is 5.69 Å². The molecule has 9 nitrogen and oxygen atoms in total. The summed E-state index contributed by atoms with van der Waals surface area (Å²) in [7, 11) is 0. The van der Waals surface area contributed by atoms with Crippen LogP contribution in [0.25, 0.3) is 11.5 Å². The predicted molar refractivity (Wildman–Crippen MR) is 107 cm³/mol. The molecule has 0 aromatic carbocycles. The predicted octanol–water partition coefficient (Wildman–Crippen LogP) is 1.58. The molecule has 0 N–H and O–H groups in total. The molecule has 0 bridgehead atoms. The molecule has 1 amide bonds. The maximum absolute atomic E-state index is 13.1. The molecule has 1 aliphatic rings. The van der Waals surface area contributed by atoms with E-state index in [1.165, 1.54) is 0 Å². The molecule has 9 heteroatoms. The lowest BCUT2D eigenvalue weighted by Crippen LogP contribution is -2.49. The quantitative estimate of drug-likeness (QED) is 0.530. The van der Waals surface area contributed by atoms with Crippen LogP contribution in [-0.2, 0) is 0 Å². The number of pyridine rings is 1. The number of nitrogens with zero attached hydrogens (tertiary/aromatic N) is 8. The van der Waals surface area contributed by atoms with Gasteiger partial charge in [0.2, 0.25) is 0 Å². The zero-order valence-electron chi connectivity index (χ0n) is 16.0. The average Bonchev–Trinajstić information content (AvgIpc) is 3.41. The number of aromatic nitrogens is 6. The van der Waals surface area contributed by atoms with Crippen LogP contribution < -0.4 is 4.90 Å². The summed E-state index contributed by atoms with van der Waals surface area (Å²) >= 11 is 0. The lowest BCUT2D eigenvalue weighted by Gasteiger charge is -2.35. The molecule has 0 aliphatic carbocycles. The molecule has 5 heterocycles. The number of imidazole rings is 1.